The quantitative estimate of drug-likeness (QED) is 0.852. The van der Waals surface area contributed by atoms with E-state index in [1.807, 2.05) is 30.3 Å². The number of hydrogen-bond acceptors (Lipinski definition) is 2. The highest BCUT2D eigenvalue weighted by Crippen LogP contribution is 2.20. The summed E-state index contributed by atoms with van der Waals surface area (Å²) in [6.45, 7) is 0.364. The molecule has 1 unspecified atom stereocenters. The molecule has 0 amide bonds. The molecule has 5 heteroatoms. The van der Waals surface area contributed by atoms with Crippen LogP contribution in [0.2, 0.25) is 0 Å². The van der Waals surface area contributed by atoms with Crippen LogP contribution in [0.1, 0.15) is 10.4 Å². The maximum Gasteiger partial charge on any atom is 0.208 e. The number of nitrogens with one attached hydrogen (secondary N) is 1. The van der Waals surface area contributed by atoms with Gasteiger partial charge in [0.2, 0.25) is 10.0 Å². The van der Waals surface area contributed by atoms with E-state index in [4.69, 9.17) is 0 Å². The second-order valence-electron chi connectivity index (χ2n) is 3.00. The van der Waals surface area contributed by atoms with Crippen LogP contribution in [0.5, 0.6) is 0 Å². The highest BCUT2D eigenvalue weighted by Gasteiger charge is 2.09. The molecule has 1 aromatic rings. The van der Waals surface area contributed by atoms with Crippen molar-refractivity contribution >= 4 is 26.0 Å². The average Bonchev–Trinajstić information content (AvgIpc) is 2.14. The molecule has 0 spiro atoms. The first kappa shape index (κ1) is 11.7. The SMILES string of the molecule is CS(=O)(=O)NCC(Br)c1ccccc1. The van der Waals surface area contributed by atoms with Crippen LogP contribution >= 0.6 is 15.9 Å². The van der Waals surface area contributed by atoms with Crippen molar-refractivity contribution in [2.45, 2.75) is 4.83 Å². The van der Waals surface area contributed by atoms with Crippen LogP contribution in [0.25, 0.3) is 0 Å². The zero-order chi connectivity index (χ0) is 10.6. The van der Waals surface area contributed by atoms with E-state index in [9.17, 15) is 8.42 Å². The van der Waals surface area contributed by atoms with E-state index in [0.717, 1.165) is 11.8 Å². The molecular formula is C9H12BrNO2S. The molecule has 1 rings (SSSR count). The minimum Gasteiger partial charge on any atom is -0.214 e. The van der Waals surface area contributed by atoms with Gasteiger partial charge in [-0.1, -0.05) is 46.3 Å². The fraction of sp³-hybridized carbons (Fsp3) is 0.333. The van der Waals surface area contributed by atoms with Gasteiger partial charge in [-0.15, -0.1) is 0 Å². The van der Waals surface area contributed by atoms with E-state index >= 15 is 0 Å². The molecule has 1 atom stereocenters. The van der Waals surface area contributed by atoms with E-state index in [1.165, 1.54) is 0 Å². The Balaban J connectivity index is 2.56. The van der Waals surface area contributed by atoms with E-state index < -0.39 is 10.0 Å². The zero-order valence-corrected chi connectivity index (χ0v) is 10.2. The number of hydrogen-bond donors (Lipinski definition) is 1. The summed E-state index contributed by atoms with van der Waals surface area (Å²) in [5, 5.41) is 0. The lowest BCUT2D eigenvalue weighted by molar-refractivity contribution is 0.587. The van der Waals surface area contributed by atoms with Crippen LogP contribution in [-0.4, -0.2) is 21.2 Å². The smallest absolute Gasteiger partial charge is 0.208 e. The van der Waals surface area contributed by atoms with Gasteiger partial charge in [0, 0.05) is 6.54 Å². The van der Waals surface area contributed by atoms with Crippen molar-refractivity contribution in [2.24, 2.45) is 0 Å². The fourth-order valence-corrected chi connectivity index (χ4v) is 2.16. The number of alkyl halides is 1. The zero-order valence-electron chi connectivity index (χ0n) is 7.77. The lowest BCUT2D eigenvalue weighted by Gasteiger charge is -2.09. The number of benzene rings is 1. The van der Waals surface area contributed by atoms with Gasteiger partial charge in [0.15, 0.2) is 0 Å². The number of rotatable bonds is 4. The molecule has 0 radical (unpaired) electrons. The summed E-state index contributed by atoms with van der Waals surface area (Å²) in [7, 11) is -3.11. The van der Waals surface area contributed by atoms with Crippen LogP contribution in [0.4, 0.5) is 0 Å². The van der Waals surface area contributed by atoms with Gasteiger partial charge in [-0.05, 0) is 5.56 Å². The van der Waals surface area contributed by atoms with Gasteiger partial charge >= 0.3 is 0 Å². The second kappa shape index (κ2) is 4.91. The van der Waals surface area contributed by atoms with Crippen LogP contribution in [0, 0.1) is 0 Å². The molecule has 0 saturated carbocycles. The largest absolute Gasteiger partial charge is 0.214 e. The summed E-state index contributed by atoms with van der Waals surface area (Å²) in [6, 6.07) is 9.66. The molecule has 0 saturated heterocycles. The number of halogens is 1. The van der Waals surface area contributed by atoms with Crippen molar-refractivity contribution in [1.29, 1.82) is 0 Å². The molecule has 1 aromatic carbocycles. The topological polar surface area (TPSA) is 46.2 Å². The minimum atomic E-state index is -3.11. The summed E-state index contributed by atoms with van der Waals surface area (Å²) in [5.74, 6) is 0. The summed E-state index contributed by atoms with van der Waals surface area (Å²) in [5.41, 5.74) is 1.06. The van der Waals surface area contributed by atoms with Crippen LogP contribution < -0.4 is 4.72 Å². The Hall–Kier alpha value is -0.390. The lowest BCUT2D eigenvalue weighted by atomic mass is 10.2. The molecule has 0 heterocycles. The van der Waals surface area contributed by atoms with E-state index in [1.54, 1.807) is 0 Å². The molecule has 0 bridgehead atoms. The van der Waals surface area contributed by atoms with Crippen molar-refractivity contribution in [2.75, 3.05) is 12.8 Å². The molecular weight excluding hydrogens is 266 g/mol. The first-order valence-corrected chi connectivity index (χ1v) is 6.93. The van der Waals surface area contributed by atoms with E-state index in [-0.39, 0.29) is 4.83 Å². The minimum absolute atomic E-state index is 0.0124. The molecule has 0 aliphatic carbocycles. The molecule has 0 aliphatic heterocycles. The third-order valence-electron chi connectivity index (χ3n) is 1.69. The van der Waals surface area contributed by atoms with Gasteiger partial charge in [-0.25, -0.2) is 13.1 Å². The molecule has 0 fully saturated rings. The van der Waals surface area contributed by atoms with E-state index in [0.29, 0.717) is 6.54 Å². The normalized spacial score (nSPS) is 13.9. The second-order valence-corrected chi connectivity index (χ2v) is 5.94. The van der Waals surface area contributed by atoms with Crippen molar-refractivity contribution in [3.8, 4) is 0 Å². The Kier molecular flexibility index (Phi) is 4.10. The van der Waals surface area contributed by atoms with Gasteiger partial charge in [-0.3, -0.25) is 0 Å². The van der Waals surface area contributed by atoms with Gasteiger partial charge in [0.25, 0.3) is 0 Å². The third-order valence-corrected chi connectivity index (χ3v) is 3.23. The Labute approximate surface area is 92.7 Å². The maximum atomic E-state index is 10.8. The molecule has 0 aliphatic rings. The predicted molar refractivity (Wildman–Crippen MR) is 61.0 cm³/mol. The van der Waals surface area contributed by atoms with Crippen LogP contribution in [-0.2, 0) is 10.0 Å². The predicted octanol–water partition coefficient (Wildman–Crippen LogP) is 1.67. The third kappa shape index (κ3) is 4.21. The first-order chi connectivity index (χ1) is 6.49. The van der Waals surface area contributed by atoms with Crippen molar-refractivity contribution < 1.29 is 8.42 Å². The van der Waals surface area contributed by atoms with Gasteiger partial charge in [0.1, 0.15) is 0 Å². The summed E-state index contributed by atoms with van der Waals surface area (Å²) >= 11 is 3.41. The van der Waals surface area contributed by atoms with Crippen molar-refractivity contribution in [3.05, 3.63) is 35.9 Å². The maximum absolute atomic E-state index is 10.8. The number of sulfonamides is 1. The van der Waals surface area contributed by atoms with Crippen molar-refractivity contribution in [3.63, 3.8) is 0 Å². The van der Waals surface area contributed by atoms with Crippen LogP contribution in [0.3, 0.4) is 0 Å². The van der Waals surface area contributed by atoms with Gasteiger partial charge in [-0.2, -0.15) is 0 Å². The highest BCUT2D eigenvalue weighted by molar-refractivity contribution is 9.09. The monoisotopic (exact) mass is 277 g/mol. The van der Waals surface area contributed by atoms with E-state index in [2.05, 4.69) is 20.7 Å². The molecule has 1 N–H and O–H groups in total. The first-order valence-electron chi connectivity index (χ1n) is 4.13. The average molecular weight is 278 g/mol. The van der Waals surface area contributed by atoms with Gasteiger partial charge in [0.05, 0.1) is 11.1 Å². The Bertz CT molecular complexity index is 377. The molecule has 0 aromatic heterocycles. The van der Waals surface area contributed by atoms with Crippen LogP contribution in [0.15, 0.2) is 30.3 Å². The van der Waals surface area contributed by atoms with Crippen molar-refractivity contribution in [1.82, 2.24) is 4.72 Å². The summed E-state index contributed by atoms with van der Waals surface area (Å²) < 4.78 is 24.1. The Morgan fingerprint density at radius 1 is 1.36 bits per heavy atom. The highest BCUT2D eigenvalue weighted by atomic mass is 79.9. The molecule has 78 valence electrons. The fourth-order valence-electron chi connectivity index (χ4n) is 1.00. The summed E-state index contributed by atoms with van der Waals surface area (Å²) in [4.78, 5) is 0.0124. The molecule has 3 nitrogen and oxygen atoms in total. The summed E-state index contributed by atoms with van der Waals surface area (Å²) in [6.07, 6.45) is 1.15. The van der Waals surface area contributed by atoms with Gasteiger partial charge < -0.3 is 0 Å². The Morgan fingerprint density at radius 2 is 1.93 bits per heavy atom. The lowest BCUT2D eigenvalue weighted by Crippen LogP contribution is -2.25. The standard InChI is InChI=1S/C9H12BrNO2S/c1-14(12,13)11-7-9(10)8-5-3-2-4-6-8/h2-6,9,11H,7H2,1H3. The Morgan fingerprint density at radius 3 is 2.43 bits per heavy atom. The molecule has 14 heavy (non-hydrogen) atoms.